The lowest BCUT2D eigenvalue weighted by atomic mass is 9.96. The van der Waals surface area contributed by atoms with E-state index in [0.29, 0.717) is 5.76 Å². The van der Waals surface area contributed by atoms with Crippen LogP contribution in [0.2, 0.25) is 0 Å². The molecule has 3 aromatic carbocycles. The molecule has 0 unspecified atom stereocenters. The van der Waals surface area contributed by atoms with Crippen LogP contribution in [-0.4, -0.2) is 14.7 Å². The molecule has 0 amide bonds. The molecule has 0 fully saturated rings. The van der Waals surface area contributed by atoms with Gasteiger partial charge in [-0.1, -0.05) is 91.0 Å². The molecule has 174 valence electrons. The highest BCUT2D eigenvalue weighted by Gasteiger charge is 2.32. The highest BCUT2D eigenvalue weighted by molar-refractivity contribution is 7.84. The first-order valence-corrected chi connectivity index (χ1v) is 12.5. The molecule has 0 saturated heterocycles. The Bertz CT molecular complexity index is 1170. The zero-order valence-corrected chi connectivity index (χ0v) is 20.5. The predicted molar refractivity (Wildman–Crippen MR) is 140 cm³/mol. The van der Waals surface area contributed by atoms with E-state index in [4.69, 9.17) is 9.41 Å². The van der Waals surface area contributed by atoms with Crippen LogP contribution in [-0.2, 0) is 11.0 Å². The Morgan fingerprint density at radius 1 is 0.794 bits per heavy atom. The number of benzene rings is 3. The van der Waals surface area contributed by atoms with Gasteiger partial charge in [0.05, 0.1) is 33.7 Å². The van der Waals surface area contributed by atoms with Gasteiger partial charge in [0.2, 0.25) is 0 Å². The molecule has 0 saturated carbocycles. The Balaban J connectivity index is 1.90. The van der Waals surface area contributed by atoms with Crippen molar-refractivity contribution in [2.75, 3.05) is 0 Å². The van der Waals surface area contributed by atoms with Crippen LogP contribution >= 0.6 is 0 Å². The van der Waals surface area contributed by atoms with Crippen LogP contribution in [0, 0.1) is 0 Å². The monoisotopic (exact) mass is 470 g/mol. The van der Waals surface area contributed by atoms with Crippen LogP contribution in [0.3, 0.4) is 0 Å². The second-order valence-corrected chi connectivity index (χ2v) is 11.1. The molecule has 5 heteroatoms. The van der Waals surface area contributed by atoms with Gasteiger partial charge in [0, 0.05) is 11.1 Å². The molecule has 1 N–H and O–H groups in total. The fourth-order valence-corrected chi connectivity index (χ4v) is 4.51. The molecule has 34 heavy (non-hydrogen) atoms. The molecule has 4 rings (SSSR count). The van der Waals surface area contributed by atoms with E-state index in [1.54, 1.807) is 6.26 Å². The molecule has 1 heterocycles. The Kier molecular flexibility index (Phi) is 7.56. The van der Waals surface area contributed by atoms with Crippen molar-refractivity contribution in [2.24, 2.45) is 4.99 Å². The lowest BCUT2D eigenvalue weighted by Crippen LogP contribution is -2.37. The van der Waals surface area contributed by atoms with E-state index in [1.807, 2.05) is 87.5 Å². The van der Waals surface area contributed by atoms with E-state index in [2.05, 4.69) is 41.1 Å². The highest BCUT2D eigenvalue weighted by atomic mass is 32.2. The summed E-state index contributed by atoms with van der Waals surface area (Å²) in [7, 11) is -1.33. The van der Waals surface area contributed by atoms with Gasteiger partial charge in [-0.2, -0.15) is 0 Å². The van der Waals surface area contributed by atoms with Crippen molar-refractivity contribution >= 4 is 16.7 Å². The smallest absolute Gasteiger partial charge is 0.124 e. The molecule has 0 aliphatic carbocycles. The molecule has 0 aliphatic heterocycles. The summed E-state index contributed by atoms with van der Waals surface area (Å²) in [4.78, 5) is 5.34. The van der Waals surface area contributed by atoms with Crippen LogP contribution in [0.1, 0.15) is 55.3 Å². The molecule has 1 aromatic heterocycles. The van der Waals surface area contributed by atoms with Crippen molar-refractivity contribution < 1.29 is 8.63 Å². The molecule has 4 aromatic rings. The minimum Gasteiger partial charge on any atom is -0.468 e. The molecular formula is C29H30N2O2S. The maximum atomic E-state index is 13.2. The Morgan fingerprint density at radius 3 is 1.79 bits per heavy atom. The number of nitrogens with one attached hydrogen (secondary N) is 1. The minimum atomic E-state index is -1.33. The largest absolute Gasteiger partial charge is 0.468 e. The Morgan fingerprint density at radius 2 is 1.32 bits per heavy atom. The van der Waals surface area contributed by atoms with E-state index in [1.165, 1.54) is 0 Å². The SMILES string of the molecule is CC(C)(C)[S@@](=O)N[C@H](c1ccco1)[C@@H](N=C(c1ccccc1)c1ccccc1)c1ccccc1. The first kappa shape index (κ1) is 23.9. The fourth-order valence-electron chi connectivity index (χ4n) is 3.68. The lowest BCUT2D eigenvalue weighted by Gasteiger charge is -2.28. The lowest BCUT2D eigenvalue weighted by molar-refractivity contribution is 0.409. The van der Waals surface area contributed by atoms with Gasteiger partial charge in [-0.3, -0.25) is 4.99 Å². The van der Waals surface area contributed by atoms with Crippen LogP contribution in [0.15, 0.2) is 119 Å². The quantitative estimate of drug-likeness (QED) is 0.293. The number of hydrogen-bond acceptors (Lipinski definition) is 3. The van der Waals surface area contributed by atoms with Crippen LogP contribution < -0.4 is 4.72 Å². The Hall–Kier alpha value is -3.28. The number of rotatable bonds is 8. The standard InChI is InChI=1S/C29H30N2O2S/c1-29(2,3)34(32)31-28(25-20-13-21-33-25)27(24-18-11-6-12-19-24)30-26(22-14-7-4-8-15-22)23-16-9-5-10-17-23/h4-21,27-28,31H,1-3H3/t27-,28+,34+/m0/s1. The minimum absolute atomic E-state index is 0.380. The van der Waals surface area contributed by atoms with Gasteiger partial charge in [0.1, 0.15) is 11.8 Å². The van der Waals surface area contributed by atoms with Crippen molar-refractivity contribution in [1.29, 1.82) is 0 Å². The van der Waals surface area contributed by atoms with Gasteiger partial charge in [-0.05, 0) is 38.5 Å². The van der Waals surface area contributed by atoms with Crippen LogP contribution in [0.5, 0.6) is 0 Å². The molecule has 0 radical (unpaired) electrons. The Labute approximate surface area is 204 Å². The molecule has 4 nitrogen and oxygen atoms in total. The second-order valence-electron chi connectivity index (χ2n) is 9.06. The first-order chi connectivity index (χ1) is 16.4. The van der Waals surface area contributed by atoms with Crippen LogP contribution in [0.4, 0.5) is 0 Å². The number of hydrogen-bond donors (Lipinski definition) is 1. The second kappa shape index (κ2) is 10.8. The summed E-state index contributed by atoms with van der Waals surface area (Å²) in [6, 6.07) is 33.4. The van der Waals surface area contributed by atoms with Crippen molar-refractivity contribution in [2.45, 2.75) is 37.6 Å². The third kappa shape index (κ3) is 5.79. The van der Waals surface area contributed by atoms with Gasteiger partial charge in [0.25, 0.3) is 0 Å². The molecule has 3 atom stereocenters. The summed E-state index contributed by atoms with van der Waals surface area (Å²) in [6.07, 6.45) is 1.64. The van der Waals surface area contributed by atoms with Gasteiger partial charge >= 0.3 is 0 Å². The topological polar surface area (TPSA) is 54.6 Å². The van der Waals surface area contributed by atoms with E-state index in [9.17, 15) is 4.21 Å². The van der Waals surface area contributed by atoms with Crippen molar-refractivity contribution in [3.63, 3.8) is 0 Å². The van der Waals surface area contributed by atoms with E-state index >= 15 is 0 Å². The summed E-state index contributed by atoms with van der Waals surface area (Å²) >= 11 is 0. The predicted octanol–water partition coefficient (Wildman–Crippen LogP) is 6.65. The summed E-state index contributed by atoms with van der Waals surface area (Å²) in [5, 5.41) is 0. The maximum absolute atomic E-state index is 13.2. The average Bonchev–Trinajstić information content (AvgIpc) is 3.39. The summed E-state index contributed by atoms with van der Waals surface area (Å²) < 4.78 is 22.0. The van der Waals surface area contributed by atoms with E-state index < -0.39 is 21.8 Å². The molecule has 0 bridgehead atoms. The van der Waals surface area contributed by atoms with E-state index in [0.717, 1.165) is 22.4 Å². The number of furan rings is 1. The molecule has 0 aliphatic rings. The van der Waals surface area contributed by atoms with Crippen molar-refractivity contribution in [1.82, 2.24) is 4.72 Å². The summed E-state index contributed by atoms with van der Waals surface area (Å²) in [5.41, 5.74) is 3.91. The average molecular weight is 471 g/mol. The summed E-state index contributed by atoms with van der Waals surface area (Å²) in [5.74, 6) is 0.690. The highest BCUT2D eigenvalue weighted by Crippen LogP contribution is 2.35. The first-order valence-electron chi connectivity index (χ1n) is 11.4. The van der Waals surface area contributed by atoms with Gasteiger partial charge in [0.15, 0.2) is 0 Å². The van der Waals surface area contributed by atoms with Crippen molar-refractivity contribution in [3.8, 4) is 0 Å². The third-order valence-corrected chi connectivity index (χ3v) is 7.04. The molecule has 0 spiro atoms. The zero-order chi connectivity index (χ0) is 24.0. The normalized spacial score (nSPS) is 14.2. The maximum Gasteiger partial charge on any atom is 0.124 e. The third-order valence-electron chi connectivity index (χ3n) is 5.46. The number of nitrogens with zero attached hydrogens (tertiary/aromatic N) is 1. The summed E-state index contributed by atoms with van der Waals surface area (Å²) in [6.45, 7) is 5.86. The zero-order valence-electron chi connectivity index (χ0n) is 19.7. The van der Waals surface area contributed by atoms with Crippen LogP contribution in [0.25, 0.3) is 0 Å². The van der Waals surface area contributed by atoms with Crippen molar-refractivity contribution in [3.05, 3.63) is 132 Å². The molecular weight excluding hydrogens is 440 g/mol. The van der Waals surface area contributed by atoms with Gasteiger partial charge in [-0.15, -0.1) is 0 Å². The van der Waals surface area contributed by atoms with Gasteiger partial charge in [-0.25, -0.2) is 8.93 Å². The van der Waals surface area contributed by atoms with Gasteiger partial charge < -0.3 is 4.42 Å². The van der Waals surface area contributed by atoms with E-state index in [-0.39, 0.29) is 6.04 Å². The number of aliphatic imine (C=N–C) groups is 1. The fraction of sp³-hybridized carbons (Fsp3) is 0.207.